The summed E-state index contributed by atoms with van der Waals surface area (Å²) in [5.74, 6) is -0.333. The lowest BCUT2D eigenvalue weighted by atomic mass is 10.2. The molecule has 0 aromatic heterocycles. The molecule has 5 nitrogen and oxygen atoms in total. The van der Waals surface area contributed by atoms with E-state index in [2.05, 4.69) is 10.6 Å². The Morgan fingerprint density at radius 1 is 1.35 bits per heavy atom. The van der Waals surface area contributed by atoms with Crippen LogP contribution < -0.4 is 16.4 Å². The predicted molar refractivity (Wildman–Crippen MR) is 78.3 cm³/mol. The van der Waals surface area contributed by atoms with Gasteiger partial charge in [0.25, 0.3) is 0 Å². The maximum atomic E-state index is 13.2. The van der Waals surface area contributed by atoms with Crippen molar-refractivity contribution in [2.75, 3.05) is 24.1 Å². The van der Waals surface area contributed by atoms with Gasteiger partial charge in [0.05, 0.1) is 11.4 Å². The summed E-state index contributed by atoms with van der Waals surface area (Å²) >= 11 is 0. The molecule has 1 aromatic rings. The number of carbonyl (C=O) groups excluding carboxylic acids is 1. The molecule has 0 spiro atoms. The zero-order valence-corrected chi connectivity index (χ0v) is 12.3. The first-order chi connectivity index (χ1) is 9.19. The van der Waals surface area contributed by atoms with Gasteiger partial charge >= 0.3 is 6.09 Å². The second-order valence-corrected chi connectivity index (χ2v) is 5.54. The lowest BCUT2D eigenvalue weighted by Crippen LogP contribution is -2.35. The van der Waals surface area contributed by atoms with E-state index in [1.165, 1.54) is 6.07 Å². The molecular weight excluding hydrogens is 261 g/mol. The smallest absolute Gasteiger partial charge is 0.407 e. The largest absolute Gasteiger partial charge is 0.444 e. The van der Waals surface area contributed by atoms with Gasteiger partial charge in [0.1, 0.15) is 11.4 Å². The van der Waals surface area contributed by atoms with Crippen LogP contribution in [0.4, 0.5) is 20.6 Å². The quantitative estimate of drug-likeness (QED) is 0.586. The van der Waals surface area contributed by atoms with Gasteiger partial charge in [-0.3, -0.25) is 0 Å². The van der Waals surface area contributed by atoms with Crippen LogP contribution in [-0.4, -0.2) is 24.8 Å². The fourth-order valence-corrected chi connectivity index (χ4v) is 1.53. The topological polar surface area (TPSA) is 76.4 Å². The molecule has 0 saturated heterocycles. The minimum atomic E-state index is -0.518. The highest BCUT2D eigenvalue weighted by Crippen LogP contribution is 2.22. The van der Waals surface area contributed by atoms with E-state index < -0.39 is 11.7 Å². The fourth-order valence-electron chi connectivity index (χ4n) is 1.53. The molecule has 1 amide bonds. The molecular formula is C14H22FN3O2. The third-order valence-corrected chi connectivity index (χ3v) is 2.44. The summed E-state index contributed by atoms with van der Waals surface area (Å²) in [5.41, 5.74) is 6.69. The maximum absolute atomic E-state index is 13.2. The van der Waals surface area contributed by atoms with Crippen molar-refractivity contribution in [3.63, 3.8) is 0 Å². The van der Waals surface area contributed by atoms with E-state index in [4.69, 9.17) is 10.5 Å². The van der Waals surface area contributed by atoms with Crippen molar-refractivity contribution in [2.24, 2.45) is 0 Å². The van der Waals surface area contributed by atoms with E-state index in [9.17, 15) is 9.18 Å². The van der Waals surface area contributed by atoms with Crippen LogP contribution >= 0.6 is 0 Å². The summed E-state index contributed by atoms with van der Waals surface area (Å²) in [4.78, 5) is 11.4. The summed E-state index contributed by atoms with van der Waals surface area (Å²) in [6, 6.07) is 2.91. The minimum absolute atomic E-state index is 0.333. The molecule has 4 N–H and O–H groups in total. The van der Waals surface area contributed by atoms with Crippen molar-refractivity contribution < 1.29 is 13.9 Å². The Bertz CT molecular complexity index is 484. The van der Waals surface area contributed by atoms with Crippen molar-refractivity contribution in [3.8, 4) is 0 Å². The molecule has 0 aliphatic carbocycles. The number of rotatable bonds is 4. The van der Waals surface area contributed by atoms with Crippen LogP contribution in [0.3, 0.4) is 0 Å². The number of carbonyl (C=O) groups is 1. The predicted octanol–water partition coefficient (Wildman–Crippen LogP) is 2.65. The molecule has 0 bridgehead atoms. The van der Waals surface area contributed by atoms with Crippen molar-refractivity contribution in [1.29, 1.82) is 0 Å². The first kappa shape index (κ1) is 16.1. The average Bonchev–Trinajstić information content (AvgIpc) is 2.28. The van der Waals surface area contributed by atoms with E-state index in [1.54, 1.807) is 33.8 Å². The first-order valence-electron chi connectivity index (χ1n) is 6.45. The monoisotopic (exact) mass is 283 g/mol. The highest BCUT2D eigenvalue weighted by Gasteiger charge is 2.15. The van der Waals surface area contributed by atoms with E-state index in [-0.39, 0.29) is 5.82 Å². The summed E-state index contributed by atoms with van der Waals surface area (Å²) in [7, 11) is 0. The summed E-state index contributed by atoms with van der Waals surface area (Å²) in [6.07, 6.45) is -0.470. The summed E-state index contributed by atoms with van der Waals surface area (Å²) in [5, 5.41) is 5.65. The van der Waals surface area contributed by atoms with E-state index in [0.29, 0.717) is 30.0 Å². The second kappa shape index (κ2) is 6.45. The molecule has 0 heterocycles. The van der Waals surface area contributed by atoms with Crippen molar-refractivity contribution >= 4 is 17.5 Å². The number of nitrogens with two attached hydrogens (primary N) is 1. The first-order valence-corrected chi connectivity index (χ1v) is 6.45. The number of halogens is 1. The van der Waals surface area contributed by atoms with Crippen molar-refractivity contribution in [2.45, 2.75) is 33.3 Å². The Kier molecular flexibility index (Phi) is 5.19. The Labute approximate surface area is 118 Å². The van der Waals surface area contributed by atoms with Gasteiger partial charge in [-0.1, -0.05) is 0 Å². The number of amides is 1. The lowest BCUT2D eigenvalue weighted by molar-refractivity contribution is 0.0530. The molecule has 112 valence electrons. The molecule has 6 heteroatoms. The van der Waals surface area contributed by atoms with Gasteiger partial charge in [0, 0.05) is 13.1 Å². The third-order valence-electron chi connectivity index (χ3n) is 2.44. The lowest BCUT2D eigenvalue weighted by Gasteiger charge is -2.19. The number of benzene rings is 1. The number of nitrogens with one attached hydrogen (secondary N) is 2. The Hall–Kier alpha value is -1.98. The highest BCUT2D eigenvalue weighted by molar-refractivity contribution is 5.68. The van der Waals surface area contributed by atoms with Crippen molar-refractivity contribution in [1.82, 2.24) is 5.32 Å². The molecule has 0 radical (unpaired) electrons. The number of hydrogen-bond acceptors (Lipinski definition) is 4. The molecule has 0 fully saturated rings. The SMILES string of the molecule is Cc1cc(NCCNC(=O)OC(C)(C)C)c(N)cc1F. The number of alkyl carbamates (subject to hydrolysis) is 1. The molecule has 0 aliphatic rings. The Morgan fingerprint density at radius 3 is 2.60 bits per heavy atom. The fraction of sp³-hybridized carbons (Fsp3) is 0.500. The molecule has 1 aromatic carbocycles. The number of nitrogen functional groups attached to an aromatic ring is 1. The van der Waals surface area contributed by atoms with Gasteiger partial charge in [-0.15, -0.1) is 0 Å². The molecule has 0 aliphatic heterocycles. The average molecular weight is 283 g/mol. The number of ether oxygens (including phenoxy) is 1. The summed E-state index contributed by atoms with van der Waals surface area (Å²) < 4.78 is 18.3. The van der Waals surface area contributed by atoms with Crippen LogP contribution in [0.1, 0.15) is 26.3 Å². The van der Waals surface area contributed by atoms with Gasteiger partial charge in [-0.25, -0.2) is 9.18 Å². The van der Waals surface area contributed by atoms with E-state index in [1.807, 2.05) is 0 Å². The summed E-state index contributed by atoms with van der Waals surface area (Å²) in [6.45, 7) is 7.91. The molecule has 0 unspecified atom stereocenters. The molecule has 1 rings (SSSR count). The van der Waals surface area contributed by atoms with Gasteiger partial charge in [-0.2, -0.15) is 0 Å². The van der Waals surface area contributed by atoms with Crippen LogP contribution in [-0.2, 0) is 4.74 Å². The van der Waals surface area contributed by atoms with E-state index in [0.717, 1.165) is 0 Å². The Morgan fingerprint density at radius 2 is 2.00 bits per heavy atom. The second-order valence-electron chi connectivity index (χ2n) is 5.54. The standard InChI is InChI=1S/C14H22FN3O2/c1-9-7-12(11(16)8-10(9)15)17-5-6-18-13(19)20-14(2,3)4/h7-8,17H,5-6,16H2,1-4H3,(H,18,19). The van der Waals surface area contributed by atoms with Crippen LogP contribution in [0.5, 0.6) is 0 Å². The van der Waals surface area contributed by atoms with Gasteiger partial charge in [-0.05, 0) is 45.4 Å². The van der Waals surface area contributed by atoms with Gasteiger partial charge in [0.2, 0.25) is 0 Å². The van der Waals surface area contributed by atoms with Gasteiger partial charge < -0.3 is 21.1 Å². The molecule has 0 atom stereocenters. The van der Waals surface area contributed by atoms with Crippen LogP contribution in [0, 0.1) is 12.7 Å². The van der Waals surface area contributed by atoms with Crippen molar-refractivity contribution in [3.05, 3.63) is 23.5 Å². The third kappa shape index (κ3) is 5.34. The number of hydrogen-bond donors (Lipinski definition) is 3. The van der Waals surface area contributed by atoms with Crippen LogP contribution in [0.15, 0.2) is 12.1 Å². The minimum Gasteiger partial charge on any atom is -0.444 e. The number of anilines is 2. The highest BCUT2D eigenvalue weighted by atomic mass is 19.1. The normalized spacial score (nSPS) is 11.1. The number of aryl methyl sites for hydroxylation is 1. The van der Waals surface area contributed by atoms with E-state index >= 15 is 0 Å². The zero-order chi connectivity index (χ0) is 15.3. The van der Waals surface area contributed by atoms with Gasteiger partial charge in [0.15, 0.2) is 0 Å². The van der Waals surface area contributed by atoms with Crippen LogP contribution in [0.2, 0.25) is 0 Å². The molecule has 0 saturated carbocycles. The van der Waals surface area contributed by atoms with Crippen LogP contribution in [0.25, 0.3) is 0 Å². The molecule has 20 heavy (non-hydrogen) atoms. The zero-order valence-electron chi connectivity index (χ0n) is 12.3. The maximum Gasteiger partial charge on any atom is 0.407 e. The Balaban J connectivity index is 2.38.